The molecule has 0 atom stereocenters. The zero-order valence-corrected chi connectivity index (χ0v) is 17.6. The minimum absolute atomic E-state index is 0.0996. The highest BCUT2D eigenvalue weighted by atomic mass is 32.2. The van der Waals surface area contributed by atoms with E-state index in [-0.39, 0.29) is 23.0 Å². The van der Waals surface area contributed by atoms with E-state index in [2.05, 4.69) is 0 Å². The van der Waals surface area contributed by atoms with E-state index in [1.165, 1.54) is 33.5 Å². The Kier molecular flexibility index (Phi) is 7.01. The highest BCUT2D eigenvalue weighted by Gasteiger charge is 2.26. The number of ether oxygens (including phenoxy) is 2. The van der Waals surface area contributed by atoms with Gasteiger partial charge >= 0.3 is 5.97 Å². The van der Waals surface area contributed by atoms with E-state index in [0.29, 0.717) is 32.8 Å². The van der Waals surface area contributed by atoms with Crippen LogP contribution in [-0.4, -0.2) is 69.5 Å². The number of esters is 1. The minimum Gasteiger partial charge on any atom is -0.452 e. The summed E-state index contributed by atoms with van der Waals surface area (Å²) in [5, 5.41) is 3.87. The van der Waals surface area contributed by atoms with Crippen molar-refractivity contribution >= 4 is 33.2 Å². The molecule has 1 amide bonds. The van der Waals surface area contributed by atoms with Crippen molar-refractivity contribution in [3.8, 4) is 0 Å². The molecule has 1 aliphatic rings. The second kappa shape index (κ2) is 9.49. The van der Waals surface area contributed by atoms with Gasteiger partial charge in [-0.1, -0.05) is 0 Å². The lowest BCUT2D eigenvalue weighted by Gasteiger charge is -2.26. The van der Waals surface area contributed by atoms with Crippen LogP contribution in [0.15, 0.2) is 46.0 Å². The van der Waals surface area contributed by atoms with Crippen LogP contribution >= 0.6 is 11.3 Å². The van der Waals surface area contributed by atoms with Gasteiger partial charge in [-0.15, -0.1) is 0 Å². The van der Waals surface area contributed by atoms with Crippen LogP contribution in [0.1, 0.15) is 15.9 Å². The number of morpholine rings is 1. The van der Waals surface area contributed by atoms with Gasteiger partial charge in [0.1, 0.15) is 0 Å². The lowest BCUT2D eigenvalue weighted by molar-refractivity contribution is -0.133. The fraction of sp³-hybridized carbons (Fsp3) is 0.368. The Morgan fingerprint density at radius 2 is 1.86 bits per heavy atom. The Bertz CT molecular complexity index is 936. The number of hydrogen-bond acceptors (Lipinski definition) is 7. The van der Waals surface area contributed by atoms with Crippen molar-refractivity contribution < 1.29 is 27.5 Å². The van der Waals surface area contributed by atoms with E-state index in [4.69, 9.17) is 9.47 Å². The molecule has 1 aromatic carbocycles. The second-order valence-corrected chi connectivity index (χ2v) is 9.22. The van der Waals surface area contributed by atoms with E-state index in [1.54, 1.807) is 18.4 Å². The molecule has 0 radical (unpaired) electrons. The predicted octanol–water partition coefficient (Wildman–Crippen LogP) is 1.58. The van der Waals surface area contributed by atoms with Gasteiger partial charge in [-0.2, -0.15) is 15.6 Å². The van der Waals surface area contributed by atoms with Gasteiger partial charge in [0.2, 0.25) is 10.0 Å². The monoisotopic (exact) mass is 438 g/mol. The normalized spacial score (nSPS) is 15.1. The van der Waals surface area contributed by atoms with Gasteiger partial charge < -0.3 is 14.4 Å². The van der Waals surface area contributed by atoms with E-state index in [0.717, 1.165) is 5.56 Å². The number of carbonyl (C=O) groups excluding carboxylic acids is 2. The molecule has 1 aromatic heterocycles. The molecule has 0 N–H and O–H groups in total. The van der Waals surface area contributed by atoms with E-state index < -0.39 is 16.0 Å². The third-order valence-electron chi connectivity index (χ3n) is 4.45. The molecule has 3 rings (SSSR count). The molecule has 2 heterocycles. The first kappa shape index (κ1) is 21.4. The molecule has 1 fully saturated rings. The SMILES string of the molecule is CN(Cc1ccsc1)C(=O)COC(=O)c1ccc(S(=O)(=O)N2CCOCC2)cc1. The van der Waals surface area contributed by atoms with Crippen molar-refractivity contribution in [2.45, 2.75) is 11.4 Å². The van der Waals surface area contributed by atoms with Gasteiger partial charge in [0.15, 0.2) is 6.61 Å². The Morgan fingerprint density at radius 1 is 1.17 bits per heavy atom. The number of rotatable bonds is 7. The first-order valence-corrected chi connectivity index (χ1v) is 11.4. The second-order valence-electron chi connectivity index (χ2n) is 6.50. The minimum atomic E-state index is -3.63. The number of benzene rings is 1. The fourth-order valence-corrected chi connectivity index (χ4v) is 4.83. The Balaban J connectivity index is 1.55. The zero-order chi connectivity index (χ0) is 20.9. The summed E-state index contributed by atoms with van der Waals surface area (Å²) >= 11 is 1.55. The molecular weight excluding hydrogens is 416 g/mol. The van der Waals surface area contributed by atoms with Crippen molar-refractivity contribution in [2.75, 3.05) is 40.0 Å². The van der Waals surface area contributed by atoms with Crippen LogP contribution in [0, 0.1) is 0 Å². The largest absolute Gasteiger partial charge is 0.452 e. The molecular formula is C19H22N2O6S2. The molecule has 0 saturated carbocycles. The van der Waals surface area contributed by atoms with Gasteiger partial charge in [-0.25, -0.2) is 13.2 Å². The van der Waals surface area contributed by atoms with Crippen molar-refractivity contribution in [3.63, 3.8) is 0 Å². The number of carbonyl (C=O) groups is 2. The highest BCUT2D eigenvalue weighted by Crippen LogP contribution is 2.18. The predicted molar refractivity (Wildman–Crippen MR) is 107 cm³/mol. The summed E-state index contributed by atoms with van der Waals surface area (Å²) in [5.41, 5.74) is 1.19. The van der Waals surface area contributed by atoms with Crippen LogP contribution < -0.4 is 0 Å². The van der Waals surface area contributed by atoms with Gasteiger partial charge in [-0.3, -0.25) is 4.79 Å². The molecule has 0 spiro atoms. The van der Waals surface area contributed by atoms with Crippen molar-refractivity contribution in [2.24, 2.45) is 0 Å². The summed E-state index contributed by atoms with van der Waals surface area (Å²) in [6.07, 6.45) is 0. The average molecular weight is 439 g/mol. The van der Waals surface area contributed by atoms with Crippen LogP contribution in [0.25, 0.3) is 0 Å². The lowest BCUT2D eigenvalue weighted by Crippen LogP contribution is -2.40. The van der Waals surface area contributed by atoms with Crippen molar-refractivity contribution in [1.82, 2.24) is 9.21 Å². The van der Waals surface area contributed by atoms with Crippen LogP contribution in [-0.2, 0) is 30.8 Å². The summed E-state index contributed by atoms with van der Waals surface area (Å²) in [4.78, 5) is 25.9. The van der Waals surface area contributed by atoms with E-state index >= 15 is 0 Å². The number of nitrogens with zero attached hydrogens (tertiary/aromatic N) is 2. The smallest absolute Gasteiger partial charge is 0.338 e. The fourth-order valence-electron chi connectivity index (χ4n) is 2.76. The molecule has 0 unspecified atom stereocenters. The summed E-state index contributed by atoms with van der Waals surface area (Å²) in [6.45, 7) is 1.37. The number of hydrogen-bond donors (Lipinski definition) is 0. The molecule has 10 heteroatoms. The van der Waals surface area contributed by atoms with E-state index in [9.17, 15) is 18.0 Å². The standard InChI is InChI=1S/C19H22N2O6S2/c1-20(12-15-6-11-28-14-15)18(22)13-27-19(23)16-2-4-17(5-3-16)29(24,25)21-7-9-26-10-8-21/h2-6,11,14H,7-10,12-13H2,1H3. The molecule has 0 bridgehead atoms. The quantitative estimate of drug-likeness (QED) is 0.610. The summed E-state index contributed by atoms with van der Waals surface area (Å²) in [5.74, 6) is -1.01. The van der Waals surface area contributed by atoms with E-state index in [1.807, 2.05) is 16.8 Å². The summed E-state index contributed by atoms with van der Waals surface area (Å²) in [6, 6.07) is 7.43. The highest BCUT2D eigenvalue weighted by molar-refractivity contribution is 7.89. The maximum Gasteiger partial charge on any atom is 0.338 e. The van der Waals surface area contributed by atoms with Gasteiger partial charge in [0.25, 0.3) is 5.91 Å². The molecule has 1 saturated heterocycles. The number of likely N-dealkylation sites (N-methyl/N-ethyl adjacent to an activating group) is 1. The third-order valence-corrected chi connectivity index (χ3v) is 7.10. The summed E-state index contributed by atoms with van der Waals surface area (Å²) in [7, 11) is -1.99. The topological polar surface area (TPSA) is 93.2 Å². The Labute approximate surface area is 173 Å². The zero-order valence-electron chi connectivity index (χ0n) is 15.9. The third kappa shape index (κ3) is 5.41. The maximum absolute atomic E-state index is 12.6. The van der Waals surface area contributed by atoms with Crippen molar-refractivity contribution in [1.29, 1.82) is 0 Å². The lowest BCUT2D eigenvalue weighted by atomic mass is 10.2. The Hall–Kier alpha value is -2.27. The maximum atomic E-state index is 12.6. The van der Waals surface area contributed by atoms with Crippen LogP contribution in [0.3, 0.4) is 0 Å². The number of sulfonamides is 1. The van der Waals surface area contributed by atoms with Gasteiger partial charge in [0, 0.05) is 26.7 Å². The molecule has 156 valence electrons. The number of thiophene rings is 1. The molecule has 0 aliphatic carbocycles. The van der Waals surface area contributed by atoms with Crippen LogP contribution in [0.2, 0.25) is 0 Å². The number of amides is 1. The van der Waals surface area contributed by atoms with Crippen molar-refractivity contribution in [3.05, 3.63) is 52.2 Å². The van der Waals surface area contributed by atoms with Gasteiger partial charge in [-0.05, 0) is 46.7 Å². The van der Waals surface area contributed by atoms with Crippen LogP contribution in [0.4, 0.5) is 0 Å². The average Bonchev–Trinajstić information content (AvgIpc) is 3.25. The summed E-state index contributed by atoms with van der Waals surface area (Å²) < 4.78 is 36.8. The van der Waals surface area contributed by atoms with Gasteiger partial charge in [0.05, 0.1) is 23.7 Å². The first-order chi connectivity index (χ1) is 13.9. The molecule has 8 nitrogen and oxygen atoms in total. The van der Waals surface area contributed by atoms with Crippen LogP contribution in [0.5, 0.6) is 0 Å². The molecule has 1 aliphatic heterocycles. The first-order valence-electron chi connectivity index (χ1n) is 8.98. The molecule has 29 heavy (non-hydrogen) atoms. The Morgan fingerprint density at radius 3 is 2.48 bits per heavy atom. The molecule has 2 aromatic rings.